The fourth-order valence-corrected chi connectivity index (χ4v) is 4.78. The third-order valence-electron chi connectivity index (χ3n) is 5.91. The van der Waals surface area contributed by atoms with E-state index < -0.39 is 0 Å². The van der Waals surface area contributed by atoms with Crippen molar-refractivity contribution in [2.24, 2.45) is 17.3 Å². The van der Waals surface area contributed by atoms with Crippen molar-refractivity contribution >= 4 is 0 Å². The van der Waals surface area contributed by atoms with Gasteiger partial charge in [-0.3, -0.25) is 0 Å². The Morgan fingerprint density at radius 1 is 1.15 bits per heavy atom. The van der Waals surface area contributed by atoms with E-state index in [0.717, 1.165) is 11.8 Å². The van der Waals surface area contributed by atoms with Gasteiger partial charge in [-0.25, -0.2) is 0 Å². The lowest BCUT2D eigenvalue weighted by atomic mass is 9.85. The summed E-state index contributed by atoms with van der Waals surface area (Å²) in [7, 11) is 2.16. The van der Waals surface area contributed by atoms with Crippen LogP contribution in [0, 0.1) is 17.3 Å². The van der Waals surface area contributed by atoms with E-state index in [1.165, 1.54) is 64.6 Å². The third-order valence-corrected chi connectivity index (χ3v) is 5.91. The van der Waals surface area contributed by atoms with E-state index in [1.54, 1.807) is 0 Å². The first-order valence-corrected chi connectivity index (χ1v) is 8.96. The van der Waals surface area contributed by atoms with Gasteiger partial charge in [0.2, 0.25) is 0 Å². The molecule has 0 radical (unpaired) electrons. The third kappa shape index (κ3) is 3.98. The number of nitrogens with one attached hydrogen (secondary N) is 1. The Morgan fingerprint density at radius 3 is 2.65 bits per heavy atom. The molecule has 1 heterocycles. The lowest BCUT2D eigenvalue weighted by Gasteiger charge is -2.33. The summed E-state index contributed by atoms with van der Waals surface area (Å²) in [6, 6.07) is 0.706. The molecule has 0 spiro atoms. The van der Waals surface area contributed by atoms with E-state index in [-0.39, 0.29) is 0 Å². The molecule has 2 rings (SSSR count). The van der Waals surface area contributed by atoms with E-state index in [4.69, 9.17) is 0 Å². The molecule has 118 valence electrons. The van der Waals surface area contributed by atoms with E-state index in [2.05, 4.69) is 38.0 Å². The maximum Gasteiger partial charge on any atom is 0.0156 e. The molecule has 0 aromatic heterocycles. The van der Waals surface area contributed by atoms with Crippen LogP contribution in [-0.2, 0) is 0 Å². The number of likely N-dealkylation sites (tertiary alicyclic amines) is 1. The first-order chi connectivity index (χ1) is 9.56. The van der Waals surface area contributed by atoms with Crippen molar-refractivity contribution in [2.45, 2.75) is 71.8 Å². The molecule has 2 nitrogen and oxygen atoms in total. The molecule has 0 aromatic carbocycles. The maximum absolute atomic E-state index is 3.61. The van der Waals surface area contributed by atoms with Crippen molar-refractivity contribution in [2.75, 3.05) is 26.7 Å². The van der Waals surface area contributed by atoms with Crippen LogP contribution in [0.2, 0.25) is 0 Å². The average Bonchev–Trinajstić information content (AvgIpc) is 2.57. The molecule has 0 aromatic rings. The summed E-state index contributed by atoms with van der Waals surface area (Å²) >= 11 is 0. The van der Waals surface area contributed by atoms with Crippen LogP contribution < -0.4 is 5.32 Å². The Kier molecular flexibility index (Phi) is 5.92. The highest BCUT2D eigenvalue weighted by Gasteiger charge is 2.41. The zero-order chi connectivity index (χ0) is 14.6. The average molecular weight is 281 g/mol. The highest BCUT2D eigenvalue weighted by atomic mass is 15.1. The van der Waals surface area contributed by atoms with Gasteiger partial charge in [-0.15, -0.1) is 0 Å². The summed E-state index contributed by atoms with van der Waals surface area (Å²) < 4.78 is 0. The number of hydrogen-bond acceptors (Lipinski definition) is 2. The Bertz CT molecular complexity index is 287. The van der Waals surface area contributed by atoms with Crippen LogP contribution in [0.4, 0.5) is 0 Å². The van der Waals surface area contributed by atoms with Crippen molar-refractivity contribution in [1.82, 2.24) is 10.2 Å². The van der Waals surface area contributed by atoms with E-state index >= 15 is 0 Å². The summed E-state index contributed by atoms with van der Waals surface area (Å²) in [6.07, 6.45) is 9.94. The molecular weight excluding hydrogens is 244 g/mol. The summed E-state index contributed by atoms with van der Waals surface area (Å²) in [4.78, 5) is 2.77. The second kappa shape index (κ2) is 7.26. The molecule has 20 heavy (non-hydrogen) atoms. The van der Waals surface area contributed by atoms with Crippen LogP contribution in [0.1, 0.15) is 65.7 Å². The quantitative estimate of drug-likeness (QED) is 0.821. The first-order valence-electron chi connectivity index (χ1n) is 8.96. The highest BCUT2D eigenvalue weighted by Crippen LogP contribution is 2.41. The normalized spacial score (nSPS) is 35.1. The van der Waals surface area contributed by atoms with Gasteiger partial charge in [0.1, 0.15) is 0 Å². The Hall–Kier alpha value is -0.0800. The summed E-state index contributed by atoms with van der Waals surface area (Å²) in [6.45, 7) is 11.2. The van der Waals surface area contributed by atoms with Gasteiger partial charge < -0.3 is 10.2 Å². The molecule has 1 saturated heterocycles. The van der Waals surface area contributed by atoms with Crippen LogP contribution in [0.5, 0.6) is 0 Å². The monoisotopic (exact) mass is 280 g/mol. The minimum Gasteiger partial charge on any atom is -0.316 e. The Morgan fingerprint density at radius 2 is 1.95 bits per heavy atom. The van der Waals surface area contributed by atoms with Gasteiger partial charge in [0.15, 0.2) is 0 Å². The predicted molar refractivity (Wildman–Crippen MR) is 88.0 cm³/mol. The van der Waals surface area contributed by atoms with Crippen LogP contribution >= 0.6 is 0 Å². The van der Waals surface area contributed by atoms with Crippen molar-refractivity contribution in [1.29, 1.82) is 0 Å². The molecule has 0 amide bonds. The van der Waals surface area contributed by atoms with Gasteiger partial charge in [0.25, 0.3) is 0 Å². The van der Waals surface area contributed by atoms with Crippen molar-refractivity contribution in [3.05, 3.63) is 0 Å². The molecule has 1 aliphatic carbocycles. The highest BCUT2D eigenvalue weighted by molar-refractivity contribution is 4.96. The lowest BCUT2D eigenvalue weighted by molar-refractivity contribution is 0.191. The molecule has 1 N–H and O–H groups in total. The van der Waals surface area contributed by atoms with Gasteiger partial charge >= 0.3 is 0 Å². The van der Waals surface area contributed by atoms with Gasteiger partial charge in [-0.1, -0.05) is 33.6 Å². The SMILES string of the molecule is CCCC1CCCN(CC2CCC(C)(C)C2NC)CC1. The van der Waals surface area contributed by atoms with Crippen LogP contribution in [0.15, 0.2) is 0 Å². The van der Waals surface area contributed by atoms with Gasteiger partial charge in [0, 0.05) is 12.6 Å². The number of hydrogen-bond donors (Lipinski definition) is 1. The van der Waals surface area contributed by atoms with E-state index in [1.807, 2.05) is 0 Å². The van der Waals surface area contributed by atoms with Crippen LogP contribution in [-0.4, -0.2) is 37.6 Å². The summed E-state index contributed by atoms with van der Waals surface area (Å²) in [5.74, 6) is 1.86. The maximum atomic E-state index is 3.61. The fourth-order valence-electron chi connectivity index (χ4n) is 4.78. The summed E-state index contributed by atoms with van der Waals surface area (Å²) in [5.41, 5.74) is 0.482. The minimum atomic E-state index is 0.482. The molecular formula is C18H36N2. The van der Waals surface area contributed by atoms with Crippen LogP contribution in [0.25, 0.3) is 0 Å². The first kappa shape index (κ1) is 16.3. The van der Waals surface area contributed by atoms with Crippen LogP contribution in [0.3, 0.4) is 0 Å². The molecule has 3 unspecified atom stereocenters. The fraction of sp³-hybridized carbons (Fsp3) is 1.00. The Labute approximate surface area is 126 Å². The van der Waals surface area contributed by atoms with Crippen molar-refractivity contribution in [3.8, 4) is 0 Å². The van der Waals surface area contributed by atoms with E-state index in [9.17, 15) is 0 Å². The second-order valence-electron chi connectivity index (χ2n) is 7.94. The Balaban J connectivity index is 1.84. The van der Waals surface area contributed by atoms with Gasteiger partial charge in [-0.2, -0.15) is 0 Å². The zero-order valence-electron chi connectivity index (χ0n) is 14.3. The van der Waals surface area contributed by atoms with E-state index in [0.29, 0.717) is 11.5 Å². The topological polar surface area (TPSA) is 15.3 Å². The number of nitrogens with zero attached hydrogens (tertiary/aromatic N) is 1. The molecule has 2 heteroatoms. The lowest BCUT2D eigenvalue weighted by Crippen LogP contribution is -2.44. The second-order valence-corrected chi connectivity index (χ2v) is 7.94. The minimum absolute atomic E-state index is 0.482. The molecule has 1 aliphatic heterocycles. The largest absolute Gasteiger partial charge is 0.316 e. The standard InChI is InChI=1S/C18H36N2/c1-5-7-15-8-6-12-20(13-10-15)14-16-9-11-18(2,3)17(16)19-4/h15-17,19H,5-14H2,1-4H3. The zero-order valence-corrected chi connectivity index (χ0v) is 14.3. The number of rotatable bonds is 5. The molecule has 2 fully saturated rings. The molecule has 1 saturated carbocycles. The van der Waals surface area contributed by atoms with Gasteiger partial charge in [-0.05, 0) is 69.5 Å². The summed E-state index contributed by atoms with van der Waals surface area (Å²) in [5, 5.41) is 3.61. The van der Waals surface area contributed by atoms with Gasteiger partial charge in [0.05, 0.1) is 0 Å². The molecule has 0 bridgehead atoms. The molecule has 3 atom stereocenters. The smallest absolute Gasteiger partial charge is 0.0156 e. The van der Waals surface area contributed by atoms with Crippen molar-refractivity contribution in [3.63, 3.8) is 0 Å². The van der Waals surface area contributed by atoms with Crippen molar-refractivity contribution < 1.29 is 0 Å². The molecule has 2 aliphatic rings. The predicted octanol–water partition coefficient (Wildman–Crippen LogP) is 3.91.